The van der Waals surface area contributed by atoms with Crippen molar-refractivity contribution in [3.63, 3.8) is 0 Å². The van der Waals surface area contributed by atoms with Gasteiger partial charge in [0.05, 0.1) is 0 Å². The first-order chi connectivity index (χ1) is 6.62. The van der Waals surface area contributed by atoms with Crippen molar-refractivity contribution in [3.05, 3.63) is 0 Å². The van der Waals surface area contributed by atoms with E-state index in [0.29, 0.717) is 12.0 Å². The Morgan fingerprint density at radius 2 is 1.71 bits per heavy atom. The van der Waals surface area contributed by atoms with E-state index in [2.05, 4.69) is 26.1 Å². The monoisotopic (exact) mass is 201 g/mol. The molecule has 2 N–H and O–H groups in total. The molecule has 2 nitrogen and oxygen atoms in total. The third kappa shape index (κ3) is 8.52. The van der Waals surface area contributed by atoms with Crippen molar-refractivity contribution in [2.24, 2.45) is 5.41 Å². The van der Waals surface area contributed by atoms with Crippen LogP contribution in [0.25, 0.3) is 0 Å². The first-order valence-corrected chi connectivity index (χ1v) is 5.94. The van der Waals surface area contributed by atoms with Gasteiger partial charge in [-0.25, -0.2) is 0 Å². The summed E-state index contributed by atoms with van der Waals surface area (Å²) in [6.45, 7) is 9.41. The van der Waals surface area contributed by atoms with Crippen LogP contribution in [0.4, 0.5) is 0 Å². The smallest absolute Gasteiger partial charge is 0.0431 e. The number of aliphatic hydroxyl groups is 1. The first-order valence-electron chi connectivity index (χ1n) is 5.94. The molecule has 0 saturated heterocycles. The van der Waals surface area contributed by atoms with Crippen LogP contribution in [0.15, 0.2) is 0 Å². The van der Waals surface area contributed by atoms with Crippen molar-refractivity contribution in [1.29, 1.82) is 0 Å². The van der Waals surface area contributed by atoms with Gasteiger partial charge in [-0.05, 0) is 31.2 Å². The normalized spacial score (nSPS) is 12.0. The van der Waals surface area contributed by atoms with Gasteiger partial charge in [0, 0.05) is 13.2 Å². The molecule has 0 aliphatic heterocycles. The minimum Gasteiger partial charge on any atom is -0.396 e. The highest BCUT2D eigenvalue weighted by molar-refractivity contribution is 4.68. The van der Waals surface area contributed by atoms with Crippen LogP contribution in [0.3, 0.4) is 0 Å². The maximum absolute atomic E-state index is 8.59. The molecular formula is C12H27NO. The van der Waals surface area contributed by atoms with Gasteiger partial charge in [0.1, 0.15) is 0 Å². The largest absolute Gasteiger partial charge is 0.396 e. The van der Waals surface area contributed by atoms with E-state index in [9.17, 15) is 0 Å². The number of hydrogen-bond donors (Lipinski definition) is 2. The van der Waals surface area contributed by atoms with Gasteiger partial charge in [-0.3, -0.25) is 0 Å². The number of aliphatic hydroxyl groups excluding tert-OH is 1. The summed E-state index contributed by atoms with van der Waals surface area (Å²) in [6.07, 6.45) is 5.82. The zero-order chi connectivity index (χ0) is 10.9. The predicted octanol–water partition coefficient (Wildman–Crippen LogP) is 2.56. The average Bonchev–Trinajstić information content (AvgIpc) is 2.16. The summed E-state index contributed by atoms with van der Waals surface area (Å²) in [5, 5.41) is 12.1. The SMILES string of the molecule is CCC(C)(C)CNCCCCCCO. The van der Waals surface area contributed by atoms with Gasteiger partial charge < -0.3 is 10.4 Å². The molecule has 0 radical (unpaired) electrons. The van der Waals surface area contributed by atoms with Crippen LogP contribution < -0.4 is 5.32 Å². The first kappa shape index (κ1) is 13.9. The summed E-state index contributed by atoms with van der Waals surface area (Å²) in [5.74, 6) is 0. The second-order valence-electron chi connectivity index (χ2n) is 4.83. The zero-order valence-electron chi connectivity index (χ0n) is 10.1. The molecular weight excluding hydrogens is 174 g/mol. The van der Waals surface area contributed by atoms with Gasteiger partial charge in [0.2, 0.25) is 0 Å². The Balaban J connectivity index is 3.13. The Hall–Kier alpha value is -0.0800. The molecule has 0 aromatic heterocycles. The van der Waals surface area contributed by atoms with Crippen molar-refractivity contribution < 1.29 is 5.11 Å². The highest BCUT2D eigenvalue weighted by Crippen LogP contribution is 2.17. The Labute approximate surface area is 89.1 Å². The molecule has 86 valence electrons. The fourth-order valence-corrected chi connectivity index (χ4v) is 1.27. The van der Waals surface area contributed by atoms with E-state index in [0.717, 1.165) is 25.9 Å². The van der Waals surface area contributed by atoms with E-state index >= 15 is 0 Å². The molecule has 0 heterocycles. The highest BCUT2D eigenvalue weighted by atomic mass is 16.2. The fourth-order valence-electron chi connectivity index (χ4n) is 1.27. The van der Waals surface area contributed by atoms with Gasteiger partial charge in [-0.1, -0.05) is 33.6 Å². The molecule has 0 aliphatic carbocycles. The molecule has 0 fully saturated rings. The predicted molar refractivity (Wildman–Crippen MR) is 62.5 cm³/mol. The van der Waals surface area contributed by atoms with Crippen molar-refractivity contribution in [2.45, 2.75) is 52.9 Å². The summed E-state index contributed by atoms with van der Waals surface area (Å²) in [4.78, 5) is 0. The summed E-state index contributed by atoms with van der Waals surface area (Å²) in [6, 6.07) is 0. The standard InChI is InChI=1S/C12H27NO/c1-4-12(2,3)11-13-9-7-5-6-8-10-14/h13-14H,4-11H2,1-3H3. The Bertz CT molecular complexity index is 123. The van der Waals surface area contributed by atoms with Crippen LogP contribution in [0.2, 0.25) is 0 Å². The van der Waals surface area contributed by atoms with Gasteiger partial charge in [0.15, 0.2) is 0 Å². The molecule has 0 unspecified atom stereocenters. The van der Waals surface area contributed by atoms with Crippen molar-refractivity contribution in [2.75, 3.05) is 19.7 Å². The van der Waals surface area contributed by atoms with E-state index in [-0.39, 0.29) is 0 Å². The fraction of sp³-hybridized carbons (Fsp3) is 1.00. The Kier molecular flexibility index (Phi) is 8.20. The summed E-state index contributed by atoms with van der Waals surface area (Å²) < 4.78 is 0. The summed E-state index contributed by atoms with van der Waals surface area (Å²) in [7, 11) is 0. The molecule has 0 amide bonds. The molecule has 0 aromatic carbocycles. The second-order valence-corrected chi connectivity index (χ2v) is 4.83. The van der Waals surface area contributed by atoms with Crippen molar-refractivity contribution >= 4 is 0 Å². The van der Waals surface area contributed by atoms with Crippen LogP contribution in [0, 0.1) is 5.41 Å². The number of unbranched alkanes of at least 4 members (excludes halogenated alkanes) is 3. The van der Waals surface area contributed by atoms with Gasteiger partial charge in [-0.15, -0.1) is 0 Å². The number of nitrogens with one attached hydrogen (secondary N) is 1. The average molecular weight is 201 g/mol. The zero-order valence-corrected chi connectivity index (χ0v) is 10.1. The third-order valence-corrected chi connectivity index (χ3v) is 2.82. The quantitative estimate of drug-likeness (QED) is 0.562. The molecule has 0 rings (SSSR count). The van der Waals surface area contributed by atoms with Crippen LogP contribution in [-0.2, 0) is 0 Å². The molecule has 0 atom stereocenters. The third-order valence-electron chi connectivity index (χ3n) is 2.82. The van der Waals surface area contributed by atoms with Crippen LogP contribution in [-0.4, -0.2) is 24.8 Å². The lowest BCUT2D eigenvalue weighted by Crippen LogP contribution is -2.29. The lowest BCUT2D eigenvalue weighted by molar-refractivity contribution is 0.282. The van der Waals surface area contributed by atoms with E-state index < -0.39 is 0 Å². The van der Waals surface area contributed by atoms with E-state index in [1.807, 2.05) is 0 Å². The van der Waals surface area contributed by atoms with E-state index in [1.54, 1.807) is 0 Å². The highest BCUT2D eigenvalue weighted by Gasteiger charge is 2.13. The maximum Gasteiger partial charge on any atom is 0.0431 e. The molecule has 0 spiro atoms. The van der Waals surface area contributed by atoms with Crippen LogP contribution >= 0.6 is 0 Å². The molecule has 0 bridgehead atoms. The van der Waals surface area contributed by atoms with Crippen LogP contribution in [0.5, 0.6) is 0 Å². The second kappa shape index (κ2) is 8.25. The number of hydrogen-bond acceptors (Lipinski definition) is 2. The molecule has 14 heavy (non-hydrogen) atoms. The van der Waals surface area contributed by atoms with E-state index in [1.165, 1.54) is 19.3 Å². The molecule has 0 saturated carbocycles. The van der Waals surface area contributed by atoms with Gasteiger partial charge >= 0.3 is 0 Å². The van der Waals surface area contributed by atoms with E-state index in [4.69, 9.17) is 5.11 Å². The number of rotatable bonds is 9. The minimum absolute atomic E-state index is 0.344. The van der Waals surface area contributed by atoms with Crippen molar-refractivity contribution in [3.8, 4) is 0 Å². The van der Waals surface area contributed by atoms with Gasteiger partial charge in [-0.2, -0.15) is 0 Å². The molecule has 0 aromatic rings. The summed E-state index contributed by atoms with van der Waals surface area (Å²) in [5.41, 5.74) is 0.436. The Morgan fingerprint density at radius 3 is 2.29 bits per heavy atom. The van der Waals surface area contributed by atoms with Crippen molar-refractivity contribution in [1.82, 2.24) is 5.32 Å². The lowest BCUT2D eigenvalue weighted by atomic mass is 9.90. The van der Waals surface area contributed by atoms with Gasteiger partial charge in [0.25, 0.3) is 0 Å². The molecule has 0 aliphatic rings. The minimum atomic E-state index is 0.344. The summed E-state index contributed by atoms with van der Waals surface area (Å²) >= 11 is 0. The topological polar surface area (TPSA) is 32.3 Å². The van der Waals surface area contributed by atoms with Crippen LogP contribution in [0.1, 0.15) is 52.9 Å². The Morgan fingerprint density at radius 1 is 1.07 bits per heavy atom. The molecule has 2 heteroatoms. The lowest BCUT2D eigenvalue weighted by Gasteiger charge is -2.22. The maximum atomic E-state index is 8.59.